The molecule has 154 valence electrons. The largest absolute Gasteiger partial charge is 0.393 e. The van der Waals surface area contributed by atoms with Crippen molar-refractivity contribution in [3.05, 3.63) is 59.9 Å². The molecule has 0 radical (unpaired) electrons. The third-order valence-electron chi connectivity index (χ3n) is 5.08. The third kappa shape index (κ3) is 3.95. The number of rotatable bonds is 6. The molecule has 3 aromatic rings. The van der Waals surface area contributed by atoms with Gasteiger partial charge in [0.2, 0.25) is 0 Å². The molecule has 0 unspecified atom stereocenters. The van der Waals surface area contributed by atoms with Crippen molar-refractivity contribution in [2.24, 2.45) is 0 Å². The first kappa shape index (κ1) is 19.8. The summed E-state index contributed by atoms with van der Waals surface area (Å²) in [5.74, 6) is -0.168. The van der Waals surface area contributed by atoms with Gasteiger partial charge in [-0.05, 0) is 44.9 Å². The first-order chi connectivity index (χ1) is 14.4. The number of carbonyl (C=O) groups is 1. The fourth-order valence-electron chi connectivity index (χ4n) is 3.47. The highest BCUT2D eigenvalue weighted by atomic mass is 16.3. The van der Waals surface area contributed by atoms with Gasteiger partial charge in [0.1, 0.15) is 0 Å². The Kier molecular flexibility index (Phi) is 5.33. The number of aromatic nitrogens is 4. The van der Waals surface area contributed by atoms with Gasteiger partial charge in [-0.25, -0.2) is 0 Å². The number of aliphatic hydroxyl groups excluding tert-OH is 1. The van der Waals surface area contributed by atoms with Crippen molar-refractivity contribution < 1.29 is 9.90 Å². The molecule has 8 nitrogen and oxygen atoms in total. The second kappa shape index (κ2) is 8.08. The van der Waals surface area contributed by atoms with Crippen LogP contribution in [0.4, 0.5) is 11.4 Å². The highest BCUT2D eigenvalue weighted by molar-refractivity contribution is 6.32. The molecule has 3 aromatic heterocycles. The van der Waals surface area contributed by atoms with E-state index >= 15 is 0 Å². The Morgan fingerprint density at radius 3 is 2.90 bits per heavy atom. The SMILES string of the molecule is C/C(Nc1cnn(CC[C@H](C)O)c1)=C1/C(=O)Nc2cnc(-c3cnccc3C)cc21. The first-order valence-electron chi connectivity index (χ1n) is 9.83. The maximum absolute atomic E-state index is 12.7. The van der Waals surface area contributed by atoms with Crippen LogP contribution >= 0.6 is 0 Å². The number of nitrogens with zero attached hydrogens (tertiary/aromatic N) is 4. The topological polar surface area (TPSA) is 105 Å². The molecule has 3 N–H and O–H groups in total. The molecule has 1 amide bonds. The second-order valence-electron chi connectivity index (χ2n) is 7.51. The zero-order valence-electron chi connectivity index (χ0n) is 17.2. The summed E-state index contributed by atoms with van der Waals surface area (Å²) in [6, 6.07) is 3.86. The fourth-order valence-corrected chi connectivity index (χ4v) is 3.47. The van der Waals surface area contributed by atoms with E-state index in [1.54, 1.807) is 36.4 Å². The minimum atomic E-state index is -0.376. The Bertz CT molecular complexity index is 1130. The molecular formula is C22H24N6O2. The summed E-state index contributed by atoms with van der Waals surface area (Å²) < 4.78 is 1.77. The first-order valence-corrected chi connectivity index (χ1v) is 9.83. The van der Waals surface area contributed by atoms with Gasteiger partial charge < -0.3 is 15.7 Å². The average Bonchev–Trinajstić information content (AvgIpc) is 3.29. The van der Waals surface area contributed by atoms with Gasteiger partial charge in [-0.15, -0.1) is 0 Å². The Morgan fingerprint density at radius 2 is 2.13 bits per heavy atom. The van der Waals surface area contributed by atoms with Crippen molar-refractivity contribution in [1.82, 2.24) is 19.7 Å². The Labute approximate surface area is 174 Å². The lowest BCUT2D eigenvalue weighted by Gasteiger charge is -2.09. The molecule has 0 aromatic carbocycles. The van der Waals surface area contributed by atoms with Gasteiger partial charge >= 0.3 is 0 Å². The molecule has 0 fully saturated rings. The summed E-state index contributed by atoms with van der Waals surface area (Å²) in [4.78, 5) is 21.4. The number of fused-ring (bicyclic) bond motifs is 1. The molecule has 30 heavy (non-hydrogen) atoms. The van der Waals surface area contributed by atoms with Crippen LogP contribution in [0.3, 0.4) is 0 Å². The van der Waals surface area contributed by atoms with Gasteiger partial charge in [-0.1, -0.05) is 0 Å². The van der Waals surface area contributed by atoms with E-state index in [1.807, 2.05) is 32.2 Å². The molecule has 4 rings (SSSR count). The van der Waals surface area contributed by atoms with Crippen molar-refractivity contribution in [3.8, 4) is 11.3 Å². The molecule has 1 aliphatic rings. The van der Waals surface area contributed by atoms with Gasteiger partial charge in [0.25, 0.3) is 5.91 Å². The van der Waals surface area contributed by atoms with Crippen LogP contribution in [0.25, 0.3) is 16.8 Å². The van der Waals surface area contributed by atoms with Crippen LogP contribution in [-0.2, 0) is 11.3 Å². The van der Waals surface area contributed by atoms with Crippen molar-refractivity contribution in [2.75, 3.05) is 10.6 Å². The van der Waals surface area contributed by atoms with E-state index < -0.39 is 0 Å². The van der Waals surface area contributed by atoms with Crippen molar-refractivity contribution >= 4 is 22.9 Å². The van der Waals surface area contributed by atoms with Gasteiger partial charge in [-0.2, -0.15) is 5.10 Å². The molecule has 1 aliphatic heterocycles. The number of allylic oxidation sites excluding steroid dienone is 1. The number of amides is 1. The number of aryl methyl sites for hydroxylation is 2. The molecule has 1 atom stereocenters. The lowest BCUT2D eigenvalue weighted by molar-refractivity contribution is -0.110. The van der Waals surface area contributed by atoms with E-state index in [9.17, 15) is 9.90 Å². The lowest BCUT2D eigenvalue weighted by atomic mass is 10.0. The van der Waals surface area contributed by atoms with E-state index in [2.05, 4.69) is 25.7 Å². The second-order valence-corrected chi connectivity index (χ2v) is 7.51. The summed E-state index contributed by atoms with van der Waals surface area (Å²) in [5, 5.41) is 19.9. The van der Waals surface area contributed by atoms with Crippen molar-refractivity contribution in [2.45, 2.75) is 39.8 Å². The molecule has 4 heterocycles. The molecule has 0 spiro atoms. The summed E-state index contributed by atoms with van der Waals surface area (Å²) >= 11 is 0. The minimum absolute atomic E-state index is 0.168. The summed E-state index contributed by atoms with van der Waals surface area (Å²) in [6.07, 6.45) is 9.03. The van der Waals surface area contributed by atoms with Crippen LogP contribution in [0.5, 0.6) is 0 Å². The molecule has 0 bridgehead atoms. The highest BCUT2D eigenvalue weighted by Gasteiger charge is 2.27. The van der Waals surface area contributed by atoms with Gasteiger partial charge in [0.05, 0.1) is 41.1 Å². The number of nitrogens with one attached hydrogen (secondary N) is 2. The van der Waals surface area contributed by atoms with E-state index in [0.717, 1.165) is 33.8 Å². The molecular weight excluding hydrogens is 380 g/mol. The van der Waals surface area contributed by atoms with E-state index in [-0.39, 0.29) is 12.0 Å². The number of hydrogen-bond donors (Lipinski definition) is 3. The number of carbonyl (C=O) groups excluding carboxylic acids is 1. The highest BCUT2D eigenvalue weighted by Crippen LogP contribution is 2.36. The molecule has 0 saturated heterocycles. The number of hydrogen-bond acceptors (Lipinski definition) is 6. The monoisotopic (exact) mass is 404 g/mol. The molecule has 0 aliphatic carbocycles. The van der Waals surface area contributed by atoms with Crippen LogP contribution in [0.1, 0.15) is 31.4 Å². The quantitative estimate of drug-likeness (QED) is 0.545. The number of anilines is 2. The van der Waals surface area contributed by atoms with Crippen LogP contribution < -0.4 is 10.6 Å². The normalized spacial score (nSPS) is 15.5. The van der Waals surface area contributed by atoms with E-state index in [4.69, 9.17) is 0 Å². The summed E-state index contributed by atoms with van der Waals surface area (Å²) in [7, 11) is 0. The van der Waals surface area contributed by atoms with Crippen molar-refractivity contribution in [3.63, 3.8) is 0 Å². The Hall–Kier alpha value is -3.52. The zero-order valence-corrected chi connectivity index (χ0v) is 17.2. The number of aliphatic hydroxyl groups is 1. The molecule has 0 saturated carbocycles. The van der Waals surface area contributed by atoms with E-state index in [1.165, 1.54) is 0 Å². The maximum atomic E-state index is 12.7. The molecule has 8 heteroatoms. The van der Waals surface area contributed by atoms with Gasteiger partial charge in [0.15, 0.2) is 0 Å². The predicted octanol–water partition coefficient (Wildman–Crippen LogP) is 3.21. The standard InChI is InChI=1S/C22H24N6O2/c1-13-4-6-23-10-18(13)19-8-17-20(11-24-19)27-22(30)21(17)15(3)26-16-9-25-28(12-16)7-5-14(2)29/h4,6,8-12,14,26,29H,5,7H2,1-3H3,(H,27,30)/b21-15-/t14-/m0/s1. The summed E-state index contributed by atoms with van der Waals surface area (Å²) in [5.41, 5.74) is 6.35. The van der Waals surface area contributed by atoms with Crippen LogP contribution in [0, 0.1) is 6.92 Å². The number of pyridine rings is 2. The Morgan fingerprint density at radius 1 is 1.30 bits per heavy atom. The maximum Gasteiger partial charge on any atom is 0.258 e. The third-order valence-corrected chi connectivity index (χ3v) is 5.08. The average molecular weight is 404 g/mol. The van der Waals surface area contributed by atoms with Crippen molar-refractivity contribution in [1.29, 1.82) is 0 Å². The minimum Gasteiger partial charge on any atom is -0.393 e. The van der Waals surface area contributed by atoms with Crippen LogP contribution in [0.15, 0.2) is 48.8 Å². The zero-order chi connectivity index (χ0) is 21.3. The van der Waals surface area contributed by atoms with Gasteiger partial charge in [0, 0.05) is 42.0 Å². The van der Waals surface area contributed by atoms with Crippen LogP contribution in [0.2, 0.25) is 0 Å². The van der Waals surface area contributed by atoms with E-state index in [0.29, 0.717) is 24.2 Å². The summed E-state index contributed by atoms with van der Waals surface area (Å²) in [6.45, 7) is 6.25. The smallest absolute Gasteiger partial charge is 0.258 e. The van der Waals surface area contributed by atoms with Gasteiger partial charge in [-0.3, -0.25) is 19.4 Å². The lowest BCUT2D eigenvalue weighted by Crippen LogP contribution is -2.09. The Balaban J connectivity index is 1.64. The predicted molar refractivity (Wildman–Crippen MR) is 116 cm³/mol. The van der Waals surface area contributed by atoms with Crippen LogP contribution in [-0.4, -0.2) is 36.9 Å². The fraction of sp³-hybridized carbons (Fsp3) is 0.273.